The third-order valence-corrected chi connectivity index (χ3v) is 3.29. The molecule has 0 saturated carbocycles. The van der Waals surface area contributed by atoms with E-state index in [0.717, 1.165) is 0 Å². The summed E-state index contributed by atoms with van der Waals surface area (Å²) in [6.45, 7) is 2.06. The molecule has 20 heteroatoms. The van der Waals surface area contributed by atoms with Gasteiger partial charge in [0.05, 0.1) is 6.26 Å². The molecule has 0 aliphatic carbocycles. The summed E-state index contributed by atoms with van der Waals surface area (Å²) < 4.78 is 70.3. The summed E-state index contributed by atoms with van der Waals surface area (Å²) in [5.41, 5.74) is 11.0. The molecule has 3 rings (SSSR count). The topological polar surface area (TPSA) is 220 Å². The van der Waals surface area contributed by atoms with E-state index in [9.17, 15) is 26.3 Å². The van der Waals surface area contributed by atoms with Gasteiger partial charge in [-0.25, -0.2) is 9.59 Å². The molecule has 0 aromatic carbocycles. The minimum absolute atomic E-state index is 0.403. The van der Waals surface area contributed by atoms with Crippen LogP contribution in [-0.2, 0) is 9.59 Å². The predicted octanol–water partition coefficient (Wildman–Crippen LogP) is 0.787. The van der Waals surface area contributed by atoms with Crippen LogP contribution in [0.15, 0.2) is 22.8 Å². The van der Waals surface area contributed by atoms with Crippen LogP contribution in [-0.4, -0.2) is 85.2 Å². The Balaban J connectivity index is 0.000000383. The zero-order valence-corrected chi connectivity index (χ0v) is 17.8. The molecule has 0 fully saturated rings. The minimum Gasteiger partial charge on any atom is -0.475 e. The van der Waals surface area contributed by atoms with Crippen molar-refractivity contribution in [3.8, 4) is 11.6 Å². The second kappa shape index (κ2) is 13.0. The minimum atomic E-state index is -5.08. The number of aliphatic carboxylic acids is 2. The number of nitrogens with two attached hydrogens (primary N) is 2. The molecule has 14 nitrogen and oxygen atoms in total. The normalized spacial score (nSPS) is 11.1. The van der Waals surface area contributed by atoms with E-state index in [1.165, 1.54) is 4.52 Å². The maximum absolute atomic E-state index is 10.6. The number of hydrogen-bond donors (Lipinski definition) is 6. The fourth-order valence-corrected chi connectivity index (χ4v) is 1.86. The number of nitrogens with zero attached hydrogens (tertiary/aromatic N) is 5. The number of alkyl halides is 6. The van der Waals surface area contributed by atoms with Crippen LogP contribution in [0.4, 0.5) is 38.2 Å². The number of carbonyl (C=O) groups is 2. The summed E-state index contributed by atoms with van der Waals surface area (Å²) in [7, 11) is 0. The van der Waals surface area contributed by atoms with Crippen LogP contribution < -0.4 is 22.1 Å². The first-order valence-corrected chi connectivity index (χ1v) is 9.37. The molecule has 0 radical (unpaired) electrons. The number of aromatic nitrogens is 5. The number of carboxylic acids is 2. The van der Waals surface area contributed by atoms with Gasteiger partial charge in [0.15, 0.2) is 5.76 Å². The maximum atomic E-state index is 10.6. The molecule has 0 saturated heterocycles. The Morgan fingerprint density at radius 2 is 1.47 bits per heavy atom. The largest absolute Gasteiger partial charge is 0.490 e. The summed E-state index contributed by atoms with van der Waals surface area (Å²) in [5, 5.41) is 24.7. The van der Waals surface area contributed by atoms with Crippen molar-refractivity contribution < 1.29 is 50.6 Å². The van der Waals surface area contributed by atoms with E-state index in [1.807, 2.05) is 0 Å². The molecular weight excluding hydrogens is 512 g/mol. The standard InChI is InChI=1S/C12H17N9O.2C2HF3O2/c13-3-5-15-10-18-11(16-6-4-14)21-12(19-10)17-9(20-21)8-2-1-7-22-8;2*3-2(4,5)1(6)7/h1-2,7H,3-6,13-14H2,(H2,15,16,17,18,19,20);2*(H,6,7). The highest BCUT2D eigenvalue weighted by Gasteiger charge is 2.38. The van der Waals surface area contributed by atoms with E-state index in [4.69, 9.17) is 35.7 Å². The van der Waals surface area contributed by atoms with Crippen LogP contribution in [0.3, 0.4) is 0 Å². The van der Waals surface area contributed by atoms with E-state index in [1.54, 1.807) is 18.4 Å². The smallest absolute Gasteiger partial charge is 0.475 e. The Bertz CT molecular complexity index is 1090. The Labute approximate surface area is 196 Å². The Morgan fingerprint density at radius 3 is 1.92 bits per heavy atom. The molecule has 3 heterocycles. The molecule has 0 spiro atoms. The molecule has 0 aliphatic rings. The highest BCUT2D eigenvalue weighted by molar-refractivity contribution is 5.73. The first-order valence-electron chi connectivity index (χ1n) is 9.37. The van der Waals surface area contributed by atoms with Gasteiger partial charge in [-0.3, -0.25) is 0 Å². The van der Waals surface area contributed by atoms with Crippen LogP contribution in [0.2, 0.25) is 0 Å². The van der Waals surface area contributed by atoms with Gasteiger partial charge in [-0.2, -0.15) is 45.8 Å². The van der Waals surface area contributed by atoms with Crippen molar-refractivity contribution in [1.29, 1.82) is 0 Å². The van der Waals surface area contributed by atoms with Crippen LogP contribution in [0, 0.1) is 0 Å². The quantitative estimate of drug-likeness (QED) is 0.233. The lowest BCUT2D eigenvalue weighted by atomic mass is 10.4. The van der Waals surface area contributed by atoms with E-state index >= 15 is 0 Å². The fraction of sp³-hybridized carbons (Fsp3) is 0.375. The van der Waals surface area contributed by atoms with Crippen LogP contribution in [0.25, 0.3) is 17.4 Å². The number of rotatable bonds is 7. The van der Waals surface area contributed by atoms with Crippen molar-refractivity contribution in [2.75, 3.05) is 36.8 Å². The van der Waals surface area contributed by atoms with Gasteiger partial charge in [0, 0.05) is 26.2 Å². The second-order valence-electron chi connectivity index (χ2n) is 6.03. The lowest BCUT2D eigenvalue weighted by Gasteiger charge is -2.08. The molecule has 200 valence electrons. The summed E-state index contributed by atoms with van der Waals surface area (Å²) >= 11 is 0. The van der Waals surface area contributed by atoms with E-state index in [2.05, 4.69) is 30.7 Å². The molecule has 0 bridgehead atoms. The first kappa shape index (κ1) is 29.8. The van der Waals surface area contributed by atoms with Gasteiger partial charge < -0.3 is 36.7 Å². The molecule has 8 N–H and O–H groups in total. The number of halogens is 6. The molecule has 0 amide bonds. The number of furan rings is 1. The lowest BCUT2D eigenvalue weighted by Crippen LogP contribution is -2.21. The molecule has 0 atom stereocenters. The average Bonchev–Trinajstić information content (AvgIpc) is 3.45. The third-order valence-electron chi connectivity index (χ3n) is 3.29. The summed E-state index contributed by atoms with van der Waals surface area (Å²) in [5.74, 6) is -3.19. The molecule has 36 heavy (non-hydrogen) atoms. The number of carboxylic acid groups (broad SMARTS) is 2. The van der Waals surface area contributed by atoms with Gasteiger partial charge in [-0.05, 0) is 12.1 Å². The van der Waals surface area contributed by atoms with E-state index in [-0.39, 0.29) is 0 Å². The average molecular weight is 531 g/mol. The number of nitrogens with one attached hydrogen (secondary N) is 2. The summed E-state index contributed by atoms with van der Waals surface area (Å²) in [4.78, 5) is 30.8. The number of fused-ring (bicyclic) bond motifs is 1. The van der Waals surface area contributed by atoms with E-state index < -0.39 is 24.3 Å². The molecular formula is C16H19F6N9O5. The van der Waals surface area contributed by atoms with Gasteiger partial charge in [0.2, 0.25) is 17.7 Å². The number of hydrogen-bond acceptors (Lipinski definition) is 11. The molecule has 0 unspecified atom stereocenters. The zero-order valence-electron chi connectivity index (χ0n) is 17.8. The van der Waals surface area contributed by atoms with Crippen molar-refractivity contribution in [3.05, 3.63) is 18.4 Å². The van der Waals surface area contributed by atoms with Crippen molar-refractivity contribution in [1.82, 2.24) is 24.6 Å². The highest BCUT2D eigenvalue weighted by atomic mass is 19.4. The van der Waals surface area contributed by atoms with Crippen molar-refractivity contribution in [2.24, 2.45) is 11.5 Å². The maximum Gasteiger partial charge on any atom is 0.490 e. The van der Waals surface area contributed by atoms with E-state index in [0.29, 0.717) is 55.4 Å². The Hall–Kier alpha value is -4.20. The highest BCUT2D eigenvalue weighted by Crippen LogP contribution is 2.18. The van der Waals surface area contributed by atoms with Gasteiger partial charge in [0.1, 0.15) is 0 Å². The fourth-order valence-electron chi connectivity index (χ4n) is 1.86. The second-order valence-corrected chi connectivity index (χ2v) is 6.03. The molecule has 3 aromatic heterocycles. The van der Waals surface area contributed by atoms with Crippen LogP contribution in [0.5, 0.6) is 0 Å². The van der Waals surface area contributed by atoms with Crippen molar-refractivity contribution in [2.45, 2.75) is 12.4 Å². The summed E-state index contributed by atoms with van der Waals surface area (Å²) in [6, 6.07) is 3.55. The Kier molecular flexibility index (Phi) is 10.8. The molecule has 3 aromatic rings. The van der Waals surface area contributed by atoms with Crippen molar-refractivity contribution in [3.63, 3.8) is 0 Å². The van der Waals surface area contributed by atoms with Gasteiger partial charge in [0.25, 0.3) is 5.78 Å². The van der Waals surface area contributed by atoms with Gasteiger partial charge in [-0.1, -0.05) is 0 Å². The monoisotopic (exact) mass is 531 g/mol. The zero-order chi connectivity index (χ0) is 27.5. The van der Waals surface area contributed by atoms with Crippen molar-refractivity contribution >= 4 is 29.6 Å². The third kappa shape index (κ3) is 9.58. The van der Waals surface area contributed by atoms with Gasteiger partial charge >= 0.3 is 24.3 Å². The molecule has 0 aliphatic heterocycles. The first-order chi connectivity index (χ1) is 16.7. The van der Waals surface area contributed by atoms with Crippen LogP contribution in [0.1, 0.15) is 0 Å². The predicted molar refractivity (Wildman–Crippen MR) is 109 cm³/mol. The van der Waals surface area contributed by atoms with Gasteiger partial charge in [-0.15, -0.1) is 5.10 Å². The lowest BCUT2D eigenvalue weighted by molar-refractivity contribution is -0.193. The Morgan fingerprint density at radius 1 is 0.944 bits per heavy atom. The van der Waals surface area contributed by atoms with Crippen LogP contribution >= 0.6 is 0 Å². The SMILES string of the molecule is NCCNc1nc(NCCN)n2nc(-c3ccco3)nc2n1.O=C(O)C(F)(F)F.O=C(O)C(F)(F)F. The number of anilines is 2. The summed E-state index contributed by atoms with van der Waals surface area (Å²) in [6.07, 6.45) is -8.60.